The normalized spacial score (nSPS) is 17.2. The molecule has 1 atom stereocenters. The summed E-state index contributed by atoms with van der Waals surface area (Å²) in [5.41, 5.74) is 1.07. The summed E-state index contributed by atoms with van der Waals surface area (Å²) in [5.74, 6) is -1.16. The van der Waals surface area contributed by atoms with E-state index in [4.69, 9.17) is 5.14 Å². The van der Waals surface area contributed by atoms with Gasteiger partial charge in [0.25, 0.3) is 0 Å². The number of urea groups is 1. The number of carbonyl (C=O) groups is 1. The van der Waals surface area contributed by atoms with Crippen LogP contribution < -0.4 is 14.9 Å². The monoisotopic (exact) mass is 480 g/mol. The highest BCUT2D eigenvalue weighted by molar-refractivity contribution is 7.91. The summed E-state index contributed by atoms with van der Waals surface area (Å²) >= 11 is 0.745. The Morgan fingerprint density at radius 2 is 1.78 bits per heavy atom. The molecule has 0 unspecified atom stereocenters. The SMILES string of the molecule is Cc1nc(N2C[C@H](O)CN(c3ccc(-c4cc(F)ccc4F)cc3)C2=O)sc1S(N)(=O)=O. The minimum atomic E-state index is -4.00. The third kappa shape index (κ3) is 4.21. The van der Waals surface area contributed by atoms with E-state index in [-0.39, 0.29) is 33.7 Å². The maximum absolute atomic E-state index is 14.1. The molecule has 168 valence electrons. The quantitative estimate of drug-likeness (QED) is 0.596. The van der Waals surface area contributed by atoms with Crippen LogP contribution in [0.1, 0.15) is 5.69 Å². The molecule has 0 spiro atoms. The number of halogens is 2. The number of aliphatic hydroxyl groups excluding tert-OH is 1. The van der Waals surface area contributed by atoms with Gasteiger partial charge in [0.05, 0.1) is 24.9 Å². The Balaban J connectivity index is 1.64. The summed E-state index contributed by atoms with van der Waals surface area (Å²) in [7, 11) is -4.00. The number of aliphatic hydroxyl groups is 1. The second kappa shape index (κ2) is 8.20. The largest absolute Gasteiger partial charge is 0.389 e. The summed E-state index contributed by atoms with van der Waals surface area (Å²) in [5, 5.41) is 15.6. The third-order valence-electron chi connectivity index (χ3n) is 4.90. The van der Waals surface area contributed by atoms with Crippen LogP contribution in [0.3, 0.4) is 0 Å². The minimum Gasteiger partial charge on any atom is -0.389 e. The molecule has 3 N–H and O–H groups in total. The Labute approximate surface area is 186 Å². The molecule has 2 heterocycles. The fourth-order valence-corrected chi connectivity index (χ4v) is 5.39. The van der Waals surface area contributed by atoms with Gasteiger partial charge in [0.15, 0.2) is 9.34 Å². The predicted molar refractivity (Wildman–Crippen MR) is 116 cm³/mol. The Bertz CT molecular complexity index is 1300. The maximum atomic E-state index is 14.1. The highest BCUT2D eigenvalue weighted by Gasteiger charge is 2.35. The Kier molecular flexibility index (Phi) is 5.71. The van der Waals surface area contributed by atoms with Gasteiger partial charge in [-0.2, -0.15) is 0 Å². The molecule has 2 aromatic carbocycles. The van der Waals surface area contributed by atoms with E-state index in [0.717, 1.165) is 29.5 Å². The van der Waals surface area contributed by atoms with E-state index in [1.807, 2.05) is 0 Å². The Hall–Kier alpha value is -2.93. The van der Waals surface area contributed by atoms with Crippen LogP contribution in [0.4, 0.5) is 24.4 Å². The van der Waals surface area contributed by atoms with Gasteiger partial charge in [0, 0.05) is 11.3 Å². The van der Waals surface area contributed by atoms with Gasteiger partial charge >= 0.3 is 6.03 Å². The van der Waals surface area contributed by atoms with Crippen LogP contribution in [0.2, 0.25) is 0 Å². The smallest absolute Gasteiger partial charge is 0.330 e. The van der Waals surface area contributed by atoms with Crippen molar-refractivity contribution in [3.8, 4) is 11.1 Å². The zero-order valence-corrected chi connectivity index (χ0v) is 18.3. The van der Waals surface area contributed by atoms with Gasteiger partial charge < -0.3 is 5.11 Å². The van der Waals surface area contributed by atoms with Crippen LogP contribution in [0.5, 0.6) is 0 Å². The van der Waals surface area contributed by atoms with Crippen LogP contribution in [0.15, 0.2) is 46.7 Å². The first-order valence-corrected chi connectivity index (χ1v) is 11.7. The number of amides is 2. The molecule has 1 aliphatic rings. The fourth-order valence-electron chi connectivity index (χ4n) is 3.44. The second-order valence-corrected chi connectivity index (χ2v) is 9.98. The number of rotatable bonds is 4. The van der Waals surface area contributed by atoms with Crippen LogP contribution in [-0.2, 0) is 10.0 Å². The first kappa shape index (κ1) is 22.3. The molecule has 3 aromatic rings. The van der Waals surface area contributed by atoms with Crippen LogP contribution in [0, 0.1) is 18.6 Å². The van der Waals surface area contributed by atoms with Crippen molar-refractivity contribution < 1.29 is 27.1 Å². The molecule has 1 aromatic heterocycles. The molecular formula is C20H18F2N4O4S2. The molecule has 1 aliphatic heterocycles. The van der Waals surface area contributed by atoms with Crippen molar-refractivity contribution in [2.45, 2.75) is 17.2 Å². The molecular weight excluding hydrogens is 462 g/mol. The highest BCUT2D eigenvalue weighted by Crippen LogP contribution is 2.33. The highest BCUT2D eigenvalue weighted by atomic mass is 32.2. The number of anilines is 2. The van der Waals surface area contributed by atoms with Crippen LogP contribution in [0.25, 0.3) is 11.1 Å². The van der Waals surface area contributed by atoms with Gasteiger partial charge in [-0.05, 0) is 42.8 Å². The van der Waals surface area contributed by atoms with Gasteiger partial charge in [-0.1, -0.05) is 23.5 Å². The zero-order valence-electron chi connectivity index (χ0n) is 16.7. The lowest BCUT2D eigenvalue weighted by Gasteiger charge is -2.36. The molecule has 0 radical (unpaired) electrons. The van der Waals surface area contributed by atoms with Gasteiger partial charge in [0.2, 0.25) is 10.0 Å². The van der Waals surface area contributed by atoms with E-state index in [2.05, 4.69) is 4.98 Å². The molecule has 0 bridgehead atoms. The zero-order chi connectivity index (χ0) is 23.2. The lowest BCUT2D eigenvalue weighted by Crippen LogP contribution is -2.56. The molecule has 8 nitrogen and oxygen atoms in total. The number of hydrogen-bond acceptors (Lipinski definition) is 6. The van der Waals surface area contributed by atoms with E-state index in [1.165, 1.54) is 16.7 Å². The Morgan fingerprint density at radius 1 is 1.12 bits per heavy atom. The number of sulfonamides is 1. The standard InChI is InChI=1S/C20H18F2N4O4S2/c1-11-18(32(23,29)30)31-19(24-11)26-10-15(27)9-25(20(26)28)14-5-2-12(3-6-14)16-8-13(21)4-7-17(16)22/h2-8,15,27H,9-10H2,1H3,(H2,23,29,30)/t15-/m1/s1. The van der Waals surface area contributed by atoms with Crippen molar-refractivity contribution in [2.75, 3.05) is 22.9 Å². The van der Waals surface area contributed by atoms with Crippen molar-refractivity contribution >= 4 is 38.2 Å². The lowest BCUT2D eigenvalue weighted by molar-refractivity contribution is 0.171. The van der Waals surface area contributed by atoms with Gasteiger partial charge in [-0.3, -0.25) is 9.80 Å². The average Bonchev–Trinajstić information content (AvgIpc) is 3.13. The number of thiazole rings is 1. The Morgan fingerprint density at radius 3 is 2.41 bits per heavy atom. The van der Waals surface area contributed by atoms with Crippen LogP contribution >= 0.6 is 11.3 Å². The van der Waals surface area contributed by atoms with Gasteiger partial charge in [-0.25, -0.2) is 32.1 Å². The van der Waals surface area contributed by atoms with Crippen molar-refractivity contribution in [1.29, 1.82) is 0 Å². The molecule has 0 saturated carbocycles. The van der Waals surface area contributed by atoms with Crippen molar-refractivity contribution in [2.24, 2.45) is 5.14 Å². The number of nitrogens with two attached hydrogens (primary N) is 1. The molecule has 32 heavy (non-hydrogen) atoms. The number of primary sulfonamides is 1. The summed E-state index contributed by atoms with van der Waals surface area (Å²) in [4.78, 5) is 19.7. The molecule has 0 aliphatic carbocycles. The summed E-state index contributed by atoms with van der Waals surface area (Å²) in [6.07, 6.45) is -0.935. The van der Waals surface area contributed by atoms with Crippen molar-refractivity contribution in [3.63, 3.8) is 0 Å². The van der Waals surface area contributed by atoms with Crippen molar-refractivity contribution in [3.05, 3.63) is 59.8 Å². The third-order valence-corrected chi connectivity index (χ3v) is 7.63. The van der Waals surface area contributed by atoms with Crippen molar-refractivity contribution in [1.82, 2.24) is 4.98 Å². The number of nitrogens with zero attached hydrogens (tertiary/aromatic N) is 3. The van der Waals surface area contributed by atoms with Gasteiger partial charge in [0.1, 0.15) is 11.6 Å². The first-order valence-electron chi connectivity index (χ1n) is 9.37. The molecule has 12 heteroatoms. The number of β-amino-alcohol motifs (C(OH)–C–C–N with tert-alkyl or cyclic N) is 1. The average molecular weight is 481 g/mol. The number of hydrogen-bond donors (Lipinski definition) is 2. The molecule has 1 fully saturated rings. The lowest BCUT2D eigenvalue weighted by atomic mass is 10.0. The fraction of sp³-hybridized carbons (Fsp3) is 0.200. The first-order chi connectivity index (χ1) is 15.0. The molecule has 4 rings (SSSR count). The maximum Gasteiger partial charge on any atom is 0.330 e. The minimum absolute atomic E-state index is 0.00456. The molecule has 1 saturated heterocycles. The topological polar surface area (TPSA) is 117 Å². The number of aryl methyl sites for hydroxylation is 1. The van der Waals surface area contributed by atoms with Crippen LogP contribution in [-0.4, -0.2) is 43.7 Å². The van der Waals surface area contributed by atoms with E-state index in [0.29, 0.717) is 11.3 Å². The molecule has 2 amide bonds. The van der Waals surface area contributed by atoms with Gasteiger partial charge in [-0.15, -0.1) is 0 Å². The van der Waals surface area contributed by atoms with E-state index >= 15 is 0 Å². The summed E-state index contributed by atoms with van der Waals surface area (Å²) in [6, 6.07) is 8.80. The summed E-state index contributed by atoms with van der Waals surface area (Å²) < 4.78 is 50.8. The number of benzene rings is 2. The second-order valence-electron chi connectivity index (χ2n) is 7.24. The number of aromatic nitrogens is 1. The van der Waals surface area contributed by atoms with E-state index in [9.17, 15) is 27.1 Å². The summed E-state index contributed by atoms with van der Waals surface area (Å²) in [6.45, 7) is 1.39. The predicted octanol–water partition coefficient (Wildman–Crippen LogP) is 2.85. The number of carbonyl (C=O) groups excluding carboxylic acids is 1. The van der Waals surface area contributed by atoms with E-state index in [1.54, 1.807) is 24.3 Å². The van der Waals surface area contributed by atoms with E-state index < -0.39 is 33.8 Å².